The van der Waals surface area contributed by atoms with Crippen molar-refractivity contribution in [1.82, 2.24) is 15.3 Å². The molecule has 0 amide bonds. The van der Waals surface area contributed by atoms with E-state index in [0.717, 1.165) is 32.6 Å². The third kappa shape index (κ3) is 4.59. The van der Waals surface area contributed by atoms with Gasteiger partial charge in [-0.3, -0.25) is 4.55 Å². The molecule has 0 unspecified atom stereocenters. The minimum atomic E-state index is -5.84. The van der Waals surface area contributed by atoms with Gasteiger partial charge in [-0.2, -0.15) is 21.6 Å². The van der Waals surface area contributed by atoms with Crippen molar-refractivity contribution in [3.63, 3.8) is 0 Å². The van der Waals surface area contributed by atoms with E-state index in [-0.39, 0.29) is 0 Å². The normalized spacial score (nSPS) is 18.7. The molecule has 1 aromatic rings. The highest BCUT2D eigenvalue weighted by Crippen LogP contribution is 2.35. The maximum atomic E-state index is 11.4. The van der Waals surface area contributed by atoms with Crippen LogP contribution < -0.4 is 10.2 Å². The predicted octanol–water partition coefficient (Wildman–Crippen LogP) is 0.457. The zero-order valence-corrected chi connectivity index (χ0v) is 14.5. The molecule has 9 nitrogen and oxygen atoms in total. The van der Waals surface area contributed by atoms with E-state index in [2.05, 4.69) is 24.9 Å². The molecule has 0 atom stereocenters. The van der Waals surface area contributed by atoms with Gasteiger partial charge in [-0.05, 0) is 12.5 Å². The quantitative estimate of drug-likeness (QED) is 0.415. The molecule has 0 radical (unpaired) electrons. The molecule has 0 aliphatic carbocycles. The third-order valence-corrected chi connectivity index (χ3v) is 4.64. The Hall–Kier alpha value is -1.99. The topological polar surface area (TPSA) is 122 Å². The van der Waals surface area contributed by atoms with E-state index in [0.29, 0.717) is 17.1 Å². The number of carbonyl (C=O) groups excluding carboxylic acids is 1. The Morgan fingerprint density at radius 3 is 2.46 bits per heavy atom. The number of hydrogen-bond donors (Lipinski definition) is 2. The van der Waals surface area contributed by atoms with Gasteiger partial charge in [-0.1, -0.05) is 0 Å². The van der Waals surface area contributed by atoms with Crippen LogP contribution in [0.15, 0.2) is 12.3 Å². The lowest BCUT2D eigenvalue weighted by atomic mass is 9.81. The van der Waals surface area contributed by atoms with Gasteiger partial charge in [0.05, 0.1) is 7.11 Å². The van der Waals surface area contributed by atoms with Crippen molar-refractivity contribution in [3.8, 4) is 0 Å². The van der Waals surface area contributed by atoms with Crippen LogP contribution in [0.3, 0.4) is 0 Å². The maximum absolute atomic E-state index is 11.4. The molecule has 3 rings (SSSR count). The molecule has 3 heterocycles. The summed E-state index contributed by atoms with van der Waals surface area (Å²) in [6.07, 6.45) is 2.77. The van der Waals surface area contributed by atoms with Crippen LogP contribution >= 0.6 is 0 Å². The highest BCUT2D eigenvalue weighted by Gasteiger charge is 2.44. The lowest BCUT2D eigenvalue weighted by Gasteiger charge is -2.38. The molecule has 0 aromatic carbocycles. The van der Waals surface area contributed by atoms with Gasteiger partial charge in [0.1, 0.15) is 0 Å². The Morgan fingerprint density at radius 2 is 2.04 bits per heavy atom. The fraction of sp³-hybridized carbons (Fsp3) is 0.615. The summed E-state index contributed by atoms with van der Waals surface area (Å²) in [4.78, 5) is 22.1. The van der Waals surface area contributed by atoms with Gasteiger partial charge in [0.2, 0.25) is 5.95 Å². The summed E-state index contributed by atoms with van der Waals surface area (Å²) in [5.41, 5.74) is -4.83. The number of carbonyl (C=O) groups is 1. The number of nitrogens with zero attached hydrogens (tertiary/aromatic N) is 3. The van der Waals surface area contributed by atoms with Crippen LogP contribution in [0.4, 0.5) is 19.1 Å². The number of esters is 1. The fourth-order valence-corrected chi connectivity index (χ4v) is 2.59. The Labute approximate surface area is 147 Å². The van der Waals surface area contributed by atoms with Crippen molar-refractivity contribution < 1.29 is 35.7 Å². The van der Waals surface area contributed by atoms with Crippen LogP contribution in [-0.2, 0) is 14.9 Å². The largest absolute Gasteiger partial charge is 0.522 e. The number of rotatable bonds is 2. The van der Waals surface area contributed by atoms with Crippen molar-refractivity contribution in [2.75, 3.05) is 38.2 Å². The fourth-order valence-electron chi connectivity index (χ4n) is 2.59. The summed E-state index contributed by atoms with van der Waals surface area (Å²) in [6.45, 7) is 4.05. The standard InChI is InChI=1S/C12H16N4O2.CHF3O3S/c1-18-10(17)9-2-4-14-11(15-9)16-5-3-12(8-16)6-13-7-12;2-1(3,4)8(5,6)7/h2,4,13H,3,5-8H2,1H3;(H,5,6,7). The Morgan fingerprint density at radius 1 is 1.42 bits per heavy atom. The first-order valence-electron chi connectivity index (χ1n) is 7.38. The Kier molecular flexibility index (Phi) is 5.73. The molecule has 2 saturated heterocycles. The minimum absolute atomic E-state index is 0.315. The molecule has 2 fully saturated rings. The van der Waals surface area contributed by atoms with Crippen molar-refractivity contribution >= 4 is 22.0 Å². The Balaban J connectivity index is 0.000000260. The van der Waals surface area contributed by atoms with Gasteiger partial charge in [-0.25, -0.2) is 14.8 Å². The summed E-state index contributed by atoms with van der Waals surface area (Å²) in [7, 11) is -4.48. The van der Waals surface area contributed by atoms with Gasteiger partial charge in [-0.15, -0.1) is 0 Å². The number of ether oxygens (including phenoxy) is 1. The van der Waals surface area contributed by atoms with E-state index in [4.69, 9.17) is 13.0 Å². The molecule has 2 aliphatic rings. The number of alkyl halides is 3. The molecule has 1 spiro atoms. The maximum Gasteiger partial charge on any atom is 0.522 e. The first-order chi connectivity index (χ1) is 12.0. The third-order valence-electron chi connectivity index (χ3n) is 4.05. The minimum Gasteiger partial charge on any atom is -0.464 e. The number of aromatic nitrogens is 2. The summed E-state index contributed by atoms with van der Waals surface area (Å²) >= 11 is 0. The number of anilines is 1. The zero-order chi connectivity index (χ0) is 19.6. The molecule has 0 bridgehead atoms. The Bertz CT molecular complexity index is 767. The van der Waals surface area contributed by atoms with E-state index in [9.17, 15) is 18.0 Å². The number of hydrogen-bond acceptors (Lipinski definition) is 8. The predicted molar refractivity (Wildman–Crippen MR) is 83.1 cm³/mol. The summed E-state index contributed by atoms with van der Waals surface area (Å²) in [6, 6.07) is 1.58. The lowest BCUT2D eigenvalue weighted by Crippen LogP contribution is -2.54. The van der Waals surface area contributed by atoms with Gasteiger partial charge < -0.3 is 15.0 Å². The average molecular weight is 398 g/mol. The smallest absolute Gasteiger partial charge is 0.464 e. The first-order valence-corrected chi connectivity index (χ1v) is 8.82. The molecule has 2 aliphatic heterocycles. The van der Waals surface area contributed by atoms with Crippen molar-refractivity contribution in [2.24, 2.45) is 5.41 Å². The second kappa shape index (κ2) is 7.32. The average Bonchev–Trinajstić information content (AvgIpc) is 2.99. The molecular weight excluding hydrogens is 381 g/mol. The van der Waals surface area contributed by atoms with E-state index in [1.165, 1.54) is 7.11 Å². The van der Waals surface area contributed by atoms with Crippen LogP contribution in [0.1, 0.15) is 16.9 Å². The monoisotopic (exact) mass is 398 g/mol. The second-order valence-electron chi connectivity index (χ2n) is 5.93. The van der Waals surface area contributed by atoms with Crippen molar-refractivity contribution in [3.05, 3.63) is 18.0 Å². The van der Waals surface area contributed by atoms with E-state index in [1.807, 2.05) is 0 Å². The van der Waals surface area contributed by atoms with E-state index >= 15 is 0 Å². The number of nitrogens with one attached hydrogen (secondary N) is 1. The van der Waals surface area contributed by atoms with Crippen LogP contribution in [0.2, 0.25) is 0 Å². The van der Waals surface area contributed by atoms with Crippen molar-refractivity contribution in [2.45, 2.75) is 11.9 Å². The summed E-state index contributed by atoms with van der Waals surface area (Å²) in [5, 5.41) is 3.31. The highest BCUT2D eigenvalue weighted by atomic mass is 32.2. The van der Waals surface area contributed by atoms with Crippen LogP contribution in [0.5, 0.6) is 0 Å². The number of halogens is 3. The lowest BCUT2D eigenvalue weighted by molar-refractivity contribution is -0.0510. The second-order valence-corrected chi connectivity index (χ2v) is 7.34. The first kappa shape index (κ1) is 20.3. The molecule has 146 valence electrons. The van der Waals surface area contributed by atoms with E-state index < -0.39 is 21.6 Å². The summed E-state index contributed by atoms with van der Waals surface area (Å²) in [5.74, 6) is 0.208. The SMILES string of the molecule is COC(=O)c1ccnc(N2CCC3(CNC3)C2)n1.O=S(=O)(O)C(F)(F)F. The van der Waals surface area contributed by atoms with Crippen LogP contribution in [0.25, 0.3) is 0 Å². The molecule has 26 heavy (non-hydrogen) atoms. The van der Waals surface area contributed by atoms with Gasteiger partial charge in [0.15, 0.2) is 5.69 Å². The molecule has 0 saturated carbocycles. The van der Waals surface area contributed by atoms with Crippen LogP contribution in [0, 0.1) is 5.41 Å². The molecule has 13 heteroatoms. The molecule has 1 aromatic heterocycles. The highest BCUT2D eigenvalue weighted by molar-refractivity contribution is 7.86. The summed E-state index contributed by atoms with van der Waals surface area (Å²) < 4.78 is 62.2. The van der Waals surface area contributed by atoms with Gasteiger partial charge in [0, 0.05) is 37.8 Å². The van der Waals surface area contributed by atoms with Crippen LogP contribution in [-0.4, -0.2) is 67.7 Å². The zero-order valence-electron chi connectivity index (χ0n) is 13.7. The van der Waals surface area contributed by atoms with Crippen molar-refractivity contribution in [1.29, 1.82) is 0 Å². The van der Waals surface area contributed by atoms with Gasteiger partial charge >= 0.3 is 21.6 Å². The molecular formula is C13H17F3N4O5S. The van der Waals surface area contributed by atoms with Gasteiger partial charge in [0.25, 0.3) is 0 Å². The number of methoxy groups -OCH3 is 1. The van der Waals surface area contributed by atoms with E-state index in [1.54, 1.807) is 12.3 Å². The molecule has 2 N–H and O–H groups in total.